The molecular formula is C46H68N6O6. The van der Waals surface area contributed by atoms with Crippen molar-refractivity contribution in [3.8, 4) is 11.5 Å². The summed E-state index contributed by atoms with van der Waals surface area (Å²) >= 11 is 0. The Balaban J connectivity index is 1.55. The second-order valence-corrected chi connectivity index (χ2v) is 15.5. The lowest BCUT2D eigenvalue weighted by atomic mass is 9.91. The van der Waals surface area contributed by atoms with Crippen molar-refractivity contribution in [3.63, 3.8) is 0 Å². The Kier molecular flexibility index (Phi) is 22.1. The molecule has 318 valence electrons. The van der Waals surface area contributed by atoms with E-state index in [2.05, 4.69) is 32.3 Å². The molecule has 0 aromatic heterocycles. The predicted octanol–water partition coefficient (Wildman–Crippen LogP) is 14.5. The largest absolute Gasteiger partial charge is 0.494 e. The molecule has 0 N–H and O–H groups in total. The third kappa shape index (κ3) is 17.3. The molecule has 0 atom stereocenters. The van der Waals surface area contributed by atoms with Crippen LogP contribution in [-0.2, 0) is 9.53 Å². The van der Waals surface area contributed by atoms with Crippen LogP contribution in [0.3, 0.4) is 0 Å². The smallest absolute Gasteiger partial charge is 0.311 e. The summed E-state index contributed by atoms with van der Waals surface area (Å²) in [5.74, 6) is 0.661. The minimum Gasteiger partial charge on any atom is -0.494 e. The van der Waals surface area contributed by atoms with E-state index in [1.54, 1.807) is 12.1 Å². The number of carbonyl (C=O) groups is 1. The summed E-state index contributed by atoms with van der Waals surface area (Å²) in [5.41, 5.74) is 2.45. The van der Waals surface area contributed by atoms with Gasteiger partial charge in [-0.3, -0.25) is 14.9 Å². The van der Waals surface area contributed by atoms with Gasteiger partial charge >= 0.3 is 5.97 Å². The maximum Gasteiger partial charge on any atom is 0.311 e. The first kappa shape index (κ1) is 47.5. The number of rotatable bonds is 30. The van der Waals surface area contributed by atoms with Crippen LogP contribution in [0.15, 0.2) is 81.1 Å². The van der Waals surface area contributed by atoms with Crippen LogP contribution in [0.1, 0.15) is 137 Å². The summed E-state index contributed by atoms with van der Waals surface area (Å²) in [6, 6.07) is 17.0. The summed E-state index contributed by atoms with van der Waals surface area (Å²) in [6.45, 7) is 9.93. The minimum absolute atomic E-state index is 0.0280. The standard InChI is InChI=1S/C46H68N6O6/c1-7-9-10-11-12-13-14-15-16-17-18-19-20-21-22-23-32-51(33-34-58-45(53)46(3,4)8-2)39-28-24-37(25-29-39)47-49-41-35-44(57-6)42(36-43(41)56-5)50-48-38-26-30-40(31-27-38)52(54)55/h24-31,35-36H,7-23,32-34H2,1-6H3. The molecule has 0 saturated heterocycles. The van der Waals surface area contributed by atoms with Crippen molar-refractivity contribution in [1.82, 2.24) is 0 Å². The molecule has 3 aromatic rings. The summed E-state index contributed by atoms with van der Waals surface area (Å²) in [5, 5.41) is 28.3. The molecule has 0 fully saturated rings. The van der Waals surface area contributed by atoms with Crippen LogP contribution in [0.25, 0.3) is 0 Å². The van der Waals surface area contributed by atoms with Gasteiger partial charge in [-0.05, 0) is 63.1 Å². The van der Waals surface area contributed by atoms with E-state index >= 15 is 0 Å². The quantitative estimate of drug-likeness (QED) is 0.0215. The average Bonchev–Trinajstić information content (AvgIpc) is 3.24. The number of methoxy groups -OCH3 is 2. The van der Waals surface area contributed by atoms with Crippen LogP contribution in [0.5, 0.6) is 11.5 Å². The van der Waals surface area contributed by atoms with E-state index in [-0.39, 0.29) is 11.7 Å². The van der Waals surface area contributed by atoms with Gasteiger partial charge in [-0.15, -0.1) is 10.2 Å². The van der Waals surface area contributed by atoms with Crippen molar-refractivity contribution in [2.45, 2.75) is 137 Å². The molecule has 0 radical (unpaired) electrons. The molecule has 0 heterocycles. The number of nitro benzene ring substituents is 1. The van der Waals surface area contributed by atoms with E-state index in [0.29, 0.717) is 47.4 Å². The predicted molar refractivity (Wildman–Crippen MR) is 234 cm³/mol. The maximum atomic E-state index is 12.7. The third-order valence-corrected chi connectivity index (χ3v) is 10.6. The number of hydrogen-bond donors (Lipinski definition) is 0. The van der Waals surface area contributed by atoms with Crippen molar-refractivity contribution in [3.05, 3.63) is 70.8 Å². The molecule has 0 aliphatic carbocycles. The molecular weight excluding hydrogens is 733 g/mol. The van der Waals surface area contributed by atoms with Crippen molar-refractivity contribution in [2.24, 2.45) is 25.9 Å². The maximum absolute atomic E-state index is 12.7. The number of nitrogens with zero attached hydrogens (tertiary/aromatic N) is 6. The molecule has 3 rings (SSSR count). The van der Waals surface area contributed by atoms with Gasteiger partial charge in [0.2, 0.25) is 0 Å². The van der Waals surface area contributed by atoms with Gasteiger partial charge in [-0.25, -0.2) is 0 Å². The number of ether oxygens (including phenoxy) is 3. The van der Waals surface area contributed by atoms with E-state index in [4.69, 9.17) is 14.2 Å². The summed E-state index contributed by atoms with van der Waals surface area (Å²) < 4.78 is 16.8. The van der Waals surface area contributed by atoms with Gasteiger partial charge in [0.05, 0.1) is 42.5 Å². The lowest BCUT2D eigenvalue weighted by molar-refractivity contribution is -0.384. The SMILES string of the molecule is CCCCCCCCCCCCCCCCCCN(CCOC(=O)C(C)(C)CC)c1ccc(N=Nc2cc(OC)c(N=Nc3ccc([N+](=O)[O-])cc3)cc2OC)cc1. The third-order valence-electron chi connectivity index (χ3n) is 10.6. The van der Waals surface area contributed by atoms with Crippen molar-refractivity contribution < 1.29 is 23.9 Å². The molecule has 0 aliphatic heterocycles. The normalized spacial score (nSPS) is 11.7. The van der Waals surface area contributed by atoms with Gasteiger partial charge in [-0.2, -0.15) is 10.2 Å². The fourth-order valence-corrected chi connectivity index (χ4v) is 6.43. The lowest BCUT2D eigenvalue weighted by Gasteiger charge is -2.26. The van der Waals surface area contributed by atoms with E-state index < -0.39 is 10.3 Å². The highest BCUT2D eigenvalue weighted by Gasteiger charge is 2.27. The Morgan fingerprint density at radius 1 is 0.638 bits per heavy atom. The Morgan fingerprint density at radius 2 is 1.07 bits per heavy atom. The monoisotopic (exact) mass is 801 g/mol. The number of esters is 1. The van der Waals surface area contributed by atoms with Gasteiger partial charge in [0, 0.05) is 36.5 Å². The number of benzene rings is 3. The molecule has 0 unspecified atom stereocenters. The molecule has 0 amide bonds. The van der Waals surface area contributed by atoms with Gasteiger partial charge < -0.3 is 19.1 Å². The number of unbranched alkanes of at least 4 members (excludes halogenated alkanes) is 15. The lowest BCUT2D eigenvalue weighted by Crippen LogP contribution is -2.32. The van der Waals surface area contributed by atoms with Crippen LogP contribution < -0.4 is 14.4 Å². The molecule has 58 heavy (non-hydrogen) atoms. The number of nitro groups is 1. The zero-order chi connectivity index (χ0) is 42.0. The first-order valence-corrected chi connectivity index (χ1v) is 21.5. The van der Waals surface area contributed by atoms with Gasteiger partial charge in [0.1, 0.15) is 29.5 Å². The van der Waals surface area contributed by atoms with Crippen LogP contribution in [0.4, 0.5) is 34.1 Å². The van der Waals surface area contributed by atoms with E-state index in [1.165, 1.54) is 135 Å². The molecule has 3 aromatic carbocycles. The van der Waals surface area contributed by atoms with Crippen LogP contribution in [0.2, 0.25) is 0 Å². The number of azo groups is 2. The average molecular weight is 801 g/mol. The Labute approximate surface area is 347 Å². The van der Waals surface area contributed by atoms with E-state index in [9.17, 15) is 14.9 Å². The number of anilines is 1. The first-order chi connectivity index (χ1) is 28.1. The highest BCUT2D eigenvalue weighted by Crippen LogP contribution is 2.41. The molecule has 0 aliphatic rings. The fourth-order valence-electron chi connectivity index (χ4n) is 6.43. The molecule has 0 spiro atoms. The minimum atomic E-state index is -0.502. The molecule has 0 saturated carbocycles. The number of carbonyl (C=O) groups excluding carboxylic acids is 1. The number of non-ortho nitro benzene ring substituents is 1. The Morgan fingerprint density at radius 3 is 1.48 bits per heavy atom. The first-order valence-electron chi connectivity index (χ1n) is 21.5. The molecule has 0 bridgehead atoms. The van der Waals surface area contributed by atoms with Crippen molar-refractivity contribution in [2.75, 3.05) is 38.8 Å². The van der Waals surface area contributed by atoms with E-state index in [0.717, 1.165) is 25.1 Å². The zero-order valence-corrected chi connectivity index (χ0v) is 36.0. The second-order valence-electron chi connectivity index (χ2n) is 15.5. The van der Waals surface area contributed by atoms with Gasteiger partial charge in [0.15, 0.2) is 0 Å². The summed E-state index contributed by atoms with van der Waals surface area (Å²) in [4.78, 5) is 25.5. The fraction of sp³-hybridized carbons (Fsp3) is 0.587. The summed E-state index contributed by atoms with van der Waals surface area (Å²) in [7, 11) is 3.05. The van der Waals surface area contributed by atoms with Crippen LogP contribution >= 0.6 is 0 Å². The topological polar surface area (TPSA) is 141 Å². The highest BCUT2D eigenvalue weighted by molar-refractivity contribution is 5.75. The summed E-state index contributed by atoms with van der Waals surface area (Å²) in [6.07, 6.45) is 22.0. The van der Waals surface area contributed by atoms with E-state index in [1.807, 2.05) is 45.0 Å². The molecule has 12 heteroatoms. The highest BCUT2D eigenvalue weighted by atomic mass is 16.6. The number of hydrogen-bond acceptors (Lipinski definition) is 11. The van der Waals surface area contributed by atoms with Gasteiger partial charge in [-0.1, -0.05) is 110 Å². The van der Waals surface area contributed by atoms with Crippen molar-refractivity contribution >= 4 is 40.1 Å². The van der Waals surface area contributed by atoms with Crippen LogP contribution in [-0.4, -0.2) is 44.8 Å². The Bertz CT molecular complexity index is 1690. The Hall–Kier alpha value is -4.87. The van der Waals surface area contributed by atoms with Gasteiger partial charge in [0.25, 0.3) is 5.69 Å². The van der Waals surface area contributed by atoms with Crippen molar-refractivity contribution in [1.29, 1.82) is 0 Å². The second kappa shape index (κ2) is 26.9. The van der Waals surface area contributed by atoms with Crippen LogP contribution in [0, 0.1) is 15.5 Å². The molecule has 12 nitrogen and oxygen atoms in total. The zero-order valence-electron chi connectivity index (χ0n) is 36.0.